The number of nitrogens with one attached hydrogen (secondary N) is 1. The maximum atomic E-state index is 14.0. The molecule has 0 aromatic heterocycles. The highest BCUT2D eigenvalue weighted by molar-refractivity contribution is 9.10. The standard InChI is InChI=1S/C29H33Br2N3O4S/c1-20(2)32-29(36)27(17-22-8-6-5-7-9-22)33(18-23-10-12-24(30)13-11-23)28(35)19-34(39(4,37)38)25-14-15-26(31)21(3)16-25/h5-16,20,27H,17-19H2,1-4H3,(H,32,36). The molecule has 0 saturated carbocycles. The van der Waals surface area contributed by atoms with E-state index in [1.54, 1.807) is 18.2 Å². The smallest absolute Gasteiger partial charge is 0.244 e. The Labute approximate surface area is 247 Å². The Bertz CT molecular complexity index is 1400. The van der Waals surface area contributed by atoms with Crippen LogP contribution in [0.4, 0.5) is 5.69 Å². The summed E-state index contributed by atoms with van der Waals surface area (Å²) in [7, 11) is -3.81. The zero-order valence-electron chi connectivity index (χ0n) is 22.4. The summed E-state index contributed by atoms with van der Waals surface area (Å²) in [5, 5.41) is 2.94. The van der Waals surface area contributed by atoms with Gasteiger partial charge in [-0.1, -0.05) is 74.3 Å². The number of hydrogen-bond acceptors (Lipinski definition) is 4. The summed E-state index contributed by atoms with van der Waals surface area (Å²) in [6, 6.07) is 21.1. The first-order valence-corrected chi connectivity index (χ1v) is 15.9. The van der Waals surface area contributed by atoms with Crippen molar-refractivity contribution in [1.82, 2.24) is 10.2 Å². The van der Waals surface area contributed by atoms with Gasteiger partial charge in [0.25, 0.3) is 0 Å². The third kappa shape index (κ3) is 8.91. The summed E-state index contributed by atoms with van der Waals surface area (Å²) in [5.41, 5.74) is 2.91. The van der Waals surface area contributed by atoms with E-state index in [0.29, 0.717) is 5.69 Å². The zero-order valence-corrected chi connectivity index (χ0v) is 26.4. The lowest BCUT2D eigenvalue weighted by Crippen LogP contribution is -2.54. The Hall–Kier alpha value is -2.69. The second-order valence-electron chi connectivity index (χ2n) is 9.72. The molecule has 1 atom stereocenters. The number of hydrogen-bond donors (Lipinski definition) is 1. The van der Waals surface area contributed by atoms with Gasteiger partial charge >= 0.3 is 0 Å². The normalized spacial score (nSPS) is 12.2. The second kappa shape index (κ2) is 13.6. The van der Waals surface area contributed by atoms with Crippen LogP contribution in [0.3, 0.4) is 0 Å². The van der Waals surface area contributed by atoms with Gasteiger partial charge in [-0.05, 0) is 67.8 Å². The van der Waals surface area contributed by atoms with Gasteiger partial charge in [-0.3, -0.25) is 13.9 Å². The van der Waals surface area contributed by atoms with Crippen molar-refractivity contribution in [3.8, 4) is 0 Å². The minimum absolute atomic E-state index is 0.131. The molecule has 0 aliphatic carbocycles. The van der Waals surface area contributed by atoms with Crippen LogP contribution in [0.5, 0.6) is 0 Å². The van der Waals surface area contributed by atoms with Crippen molar-refractivity contribution in [2.45, 2.75) is 45.8 Å². The van der Waals surface area contributed by atoms with E-state index < -0.39 is 28.5 Å². The summed E-state index contributed by atoms with van der Waals surface area (Å²) >= 11 is 6.87. The first-order chi connectivity index (χ1) is 18.3. The maximum Gasteiger partial charge on any atom is 0.244 e. The van der Waals surface area contributed by atoms with Crippen molar-refractivity contribution in [2.24, 2.45) is 0 Å². The minimum Gasteiger partial charge on any atom is -0.352 e. The van der Waals surface area contributed by atoms with Gasteiger partial charge in [0.15, 0.2) is 0 Å². The van der Waals surface area contributed by atoms with Crippen LogP contribution in [0.15, 0.2) is 81.7 Å². The topological polar surface area (TPSA) is 86.8 Å². The van der Waals surface area contributed by atoms with Crippen LogP contribution in [-0.4, -0.2) is 50.0 Å². The van der Waals surface area contributed by atoms with E-state index >= 15 is 0 Å². The van der Waals surface area contributed by atoms with Gasteiger partial charge in [-0.25, -0.2) is 8.42 Å². The maximum absolute atomic E-state index is 14.0. The Morgan fingerprint density at radius 3 is 2.13 bits per heavy atom. The number of halogens is 2. The quantitative estimate of drug-likeness (QED) is 0.292. The van der Waals surface area contributed by atoms with Crippen molar-refractivity contribution in [3.63, 3.8) is 0 Å². The van der Waals surface area contributed by atoms with Crippen molar-refractivity contribution in [2.75, 3.05) is 17.1 Å². The second-order valence-corrected chi connectivity index (χ2v) is 13.4. The van der Waals surface area contributed by atoms with Crippen LogP contribution in [-0.2, 0) is 32.6 Å². The molecule has 208 valence electrons. The SMILES string of the molecule is Cc1cc(N(CC(=O)N(Cc2ccc(Br)cc2)C(Cc2ccccc2)C(=O)NC(C)C)S(C)(=O)=O)ccc1Br. The number of rotatable bonds is 11. The molecular weight excluding hydrogens is 646 g/mol. The Morgan fingerprint density at radius 1 is 0.923 bits per heavy atom. The molecule has 3 aromatic carbocycles. The van der Waals surface area contributed by atoms with Gasteiger partial charge in [0.05, 0.1) is 11.9 Å². The van der Waals surface area contributed by atoms with Crippen molar-refractivity contribution >= 4 is 59.4 Å². The molecule has 1 N–H and O–H groups in total. The number of carbonyl (C=O) groups excluding carboxylic acids is 2. The van der Waals surface area contributed by atoms with Crippen LogP contribution < -0.4 is 9.62 Å². The third-order valence-corrected chi connectivity index (χ3v) is 8.64. The molecule has 2 amide bonds. The molecule has 7 nitrogen and oxygen atoms in total. The van der Waals surface area contributed by atoms with Crippen LogP contribution in [0.1, 0.15) is 30.5 Å². The molecule has 0 saturated heterocycles. The fourth-order valence-electron chi connectivity index (χ4n) is 4.12. The number of amides is 2. The number of anilines is 1. The number of carbonyl (C=O) groups is 2. The first kappa shape index (κ1) is 30.8. The van der Waals surface area contributed by atoms with Gasteiger partial charge in [-0.2, -0.15) is 0 Å². The third-order valence-electron chi connectivity index (χ3n) is 6.08. The zero-order chi connectivity index (χ0) is 28.7. The van der Waals surface area contributed by atoms with Crippen LogP contribution in [0.25, 0.3) is 0 Å². The molecule has 3 rings (SSSR count). The van der Waals surface area contributed by atoms with Crippen molar-refractivity contribution in [1.29, 1.82) is 0 Å². The van der Waals surface area contributed by atoms with E-state index in [1.807, 2.05) is 75.4 Å². The van der Waals surface area contributed by atoms with E-state index in [1.165, 1.54) is 4.90 Å². The molecule has 0 radical (unpaired) electrons. The van der Waals surface area contributed by atoms with Gasteiger partial charge in [0.2, 0.25) is 21.8 Å². The predicted octanol–water partition coefficient (Wildman–Crippen LogP) is 5.45. The Kier molecular flexibility index (Phi) is 10.7. The molecule has 0 aliphatic heterocycles. The van der Waals surface area contributed by atoms with E-state index in [-0.39, 0.29) is 24.9 Å². The molecule has 0 bridgehead atoms. The molecule has 1 unspecified atom stereocenters. The van der Waals surface area contributed by atoms with Gasteiger partial charge < -0.3 is 10.2 Å². The Morgan fingerprint density at radius 2 is 1.56 bits per heavy atom. The minimum atomic E-state index is -3.81. The fraction of sp³-hybridized carbons (Fsp3) is 0.310. The molecule has 39 heavy (non-hydrogen) atoms. The molecular formula is C29H33Br2N3O4S. The highest BCUT2D eigenvalue weighted by atomic mass is 79.9. The van der Waals surface area contributed by atoms with E-state index in [9.17, 15) is 18.0 Å². The lowest BCUT2D eigenvalue weighted by Gasteiger charge is -2.34. The monoisotopic (exact) mass is 677 g/mol. The molecule has 0 heterocycles. The van der Waals surface area contributed by atoms with Crippen LogP contribution >= 0.6 is 31.9 Å². The van der Waals surface area contributed by atoms with Gasteiger partial charge in [-0.15, -0.1) is 0 Å². The largest absolute Gasteiger partial charge is 0.352 e. The van der Waals surface area contributed by atoms with Gasteiger partial charge in [0, 0.05) is 28.0 Å². The van der Waals surface area contributed by atoms with E-state index in [4.69, 9.17) is 0 Å². The Balaban J connectivity index is 2.06. The van der Waals surface area contributed by atoms with Crippen molar-refractivity contribution in [3.05, 3.63) is 98.4 Å². The highest BCUT2D eigenvalue weighted by Gasteiger charge is 2.33. The molecule has 0 aliphatic rings. The summed E-state index contributed by atoms with van der Waals surface area (Å²) in [4.78, 5) is 29.1. The van der Waals surface area contributed by atoms with Crippen molar-refractivity contribution < 1.29 is 18.0 Å². The van der Waals surface area contributed by atoms with E-state index in [2.05, 4.69) is 37.2 Å². The average Bonchev–Trinajstić information content (AvgIpc) is 2.87. The number of aryl methyl sites for hydroxylation is 1. The average molecular weight is 679 g/mol. The lowest BCUT2D eigenvalue weighted by atomic mass is 10.0. The number of nitrogens with zero attached hydrogens (tertiary/aromatic N) is 2. The number of sulfonamides is 1. The predicted molar refractivity (Wildman–Crippen MR) is 163 cm³/mol. The molecule has 3 aromatic rings. The summed E-state index contributed by atoms with van der Waals surface area (Å²) < 4.78 is 28.6. The van der Waals surface area contributed by atoms with E-state index in [0.717, 1.165) is 36.2 Å². The molecule has 0 fully saturated rings. The van der Waals surface area contributed by atoms with Gasteiger partial charge in [0.1, 0.15) is 12.6 Å². The fourth-order valence-corrected chi connectivity index (χ4v) is 5.47. The van der Waals surface area contributed by atoms with Crippen LogP contribution in [0.2, 0.25) is 0 Å². The molecule has 10 heteroatoms. The number of benzene rings is 3. The summed E-state index contributed by atoms with van der Waals surface area (Å²) in [6.07, 6.45) is 1.35. The first-order valence-electron chi connectivity index (χ1n) is 12.5. The summed E-state index contributed by atoms with van der Waals surface area (Å²) in [6.45, 7) is 5.25. The summed E-state index contributed by atoms with van der Waals surface area (Å²) in [5.74, 6) is -0.784. The molecule has 0 spiro atoms. The highest BCUT2D eigenvalue weighted by Crippen LogP contribution is 2.25. The lowest BCUT2D eigenvalue weighted by molar-refractivity contribution is -0.140. The van der Waals surface area contributed by atoms with Crippen LogP contribution in [0, 0.1) is 6.92 Å².